The van der Waals surface area contributed by atoms with Crippen LogP contribution < -0.4 is 16.0 Å². The van der Waals surface area contributed by atoms with E-state index >= 15 is 0 Å². The molecule has 0 atom stereocenters. The number of rotatable bonds is 6. The van der Waals surface area contributed by atoms with Gasteiger partial charge in [0, 0.05) is 25.2 Å². The van der Waals surface area contributed by atoms with E-state index < -0.39 is 0 Å². The molecule has 0 aliphatic rings. The average molecular weight is 436 g/mol. The highest BCUT2D eigenvalue weighted by molar-refractivity contribution is 14.0. The Morgan fingerprint density at radius 3 is 2.43 bits per heavy atom. The highest BCUT2D eigenvalue weighted by Crippen LogP contribution is 2.09. The lowest BCUT2D eigenvalue weighted by Gasteiger charge is -2.21. The predicted octanol–water partition coefficient (Wildman–Crippen LogP) is 3.20. The second kappa shape index (κ2) is 10.8. The van der Waals surface area contributed by atoms with Crippen LogP contribution in [0.5, 0.6) is 0 Å². The van der Waals surface area contributed by atoms with Gasteiger partial charge in [0.1, 0.15) is 5.82 Å². The predicted molar refractivity (Wildman–Crippen MR) is 107 cm³/mol. The van der Waals surface area contributed by atoms with Gasteiger partial charge in [-0.3, -0.25) is 0 Å². The molecule has 3 N–H and O–H groups in total. The molecule has 23 heavy (non-hydrogen) atoms. The van der Waals surface area contributed by atoms with Crippen LogP contribution in [-0.2, 0) is 6.54 Å². The summed E-state index contributed by atoms with van der Waals surface area (Å²) in [6.07, 6.45) is 0. The molecule has 1 aromatic rings. The van der Waals surface area contributed by atoms with Crippen LogP contribution in [0.4, 0.5) is 4.39 Å². The first-order valence-corrected chi connectivity index (χ1v) is 7.84. The topological polar surface area (TPSA) is 48.5 Å². The number of aryl methyl sites for hydroxylation is 1. The molecule has 0 aliphatic carbocycles. The smallest absolute Gasteiger partial charge is 0.191 e. The molecule has 0 saturated carbocycles. The quantitative estimate of drug-likeness (QED) is 0.278. The molecule has 0 saturated heterocycles. The molecule has 0 spiro atoms. The summed E-state index contributed by atoms with van der Waals surface area (Å²) >= 11 is 0. The third-order valence-electron chi connectivity index (χ3n) is 3.06. The van der Waals surface area contributed by atoms with Gasteiger partial charge >= 0.3 is 0 Å². The number of guanidine groups is 1. The largest absolute Gasteiger partial charge is 0.357 e. The number of benzene rings is 1. The fourth-order valence-electron chi connectivity index (χ4n) is 1.94. The van der Waals surface area contributed by atoms with Crippen molar-refractivity contribution >= 4 is 29.9 Å². The second-order valence-corrected chi connectivity index (χ2v) is 6.38. The molecule has 4 nitrogen and oxygen atoms in total. The Balaban J connectivity index is 0.00000484. The molecule has 0 aromatic heterocycles. The summed E-state index contributed by atoms with van der Waals surface area (Å²) in [6, 6.07) is 5.11. The Morgan fingerprint density at radius 2 is 1.87 bits per heavy atom. The lowest BCUT2D eigenvalue weighted by Crippen LogP contribution is -2.44. The Bertz CT molecular complexity index is 498. The number of nitrogens with zero attached hydrogens (tertiary/aromatic N) is 1. The molecule has 6 heteroatoms. The van der Waals surface area contributed by atoms with Gasteiger partial charge in [-0.15, -0.1) is 24.0 Å². The molecule has 0 bridgehead atoms. The zero-order valence-corrected chi connectivity index (χ0v) is 17.1. The van der Waals surface area contributed by atoms with E-state index in [1.54, 1.807) is 13.0 Å². The summed E-state index contributed by atoms with van der Waals surface area (Å²) in [5.74, 6) is 0.603. The van der Waals surface area contributed by atoms with Gasteiger partial charge < -0.3 is 16.0 Å². The van der Waals surface area contributed by atoms with Crippen molar-refractivity contribution in [2.45, 2.75) is 46.7 Å². The zero-order valence-electron chi connectivity index (χ0n) is 14.8. The first kappa shape index (κ1) is 22.1. The van der Waals surface area contributed by atoms with Crippen LogP contribution in [0.2, 0.25) is 0 Å². The molecule has 0 amide bonds. The second-order valence-electron chi connectivity index (χ2n) is 6.38. The Kier molecular flexibility index (Phi) is 10.4. The summed E-state index contributed by atoms with van der Waals surface area (Å²) in [4.78, 5) is 4.53. The number of aliphatic imine (C=N–C) groups is 1. The number of halogens is 2. The van der Waals surface area contributed by atoms with Crippen LogP contribution in [0.15, 0.2) is 23.2 Å². The normalized spacial score (nSPS) is 11.8. The van der Waals surface area contributed by atoms with Gasteiger partial charge in [0.15, 0.2) is 5.96 Å². The summed E-state index contributed by atoms with van der Waals surface area (Å²) in [5.41, 5.74) is 1.77. The van der Waals surface area contributed by atoms with Crippen molar-refractivity contribution in [3.63, 3.8) is 0 Å². The average Bonchev–Trinajstić information content (AvgIpc) is 2.43. The highest BCUT2D eigenvalue weighted by Gasteiger charge is 2.07. The van der Waals surface area contributed by atoms with Crippen molar-refractivity contribution in [2.75, 3.05) is 19.6 Å². The molecule has 1 aromatic carbocycles. The third kappa shape index (κ3) is 9.76. The molecule has 132 valence electrons. The van der Waals surface area contributed by atoms with Gasteiger partial charge in [-0.25, -0.2) is 9.38 Å². The fourth-order valence-corrected chi connectivity index (χ4v) is 1.94. The number of nitrogens with one attached hydrogen (secondary N) is 3. The van der Waals surface area contributed by atoms with E-state index in [-0.39, 0.29) is 35.3 Å². The van der Waals surface area contributed by atoms with E-state index in [1.165, 1.54) is 6.07 Å². The van der Waals surface area contributed by atoms with Crippen molar-refractivity contribution in [2.24, 2.45) is 4.99 Å². The standard InChI is InChI=1S/C17H29FN4.HI/c1-6-19-16(20-9-10-22-17(3,4)5)21-12-14-7-8-15(18)13(2)11-14;/h7-8,11,22H,6,9-10,12H2,1-5H3,(H2,19,20,21);1H. The van der Waals surface area contributed by atoms with Gasteiger partial charge in [-0.1, -0.05) is 12.1 Å². The van der Waals surface area contributed by atoms with E-state index in [1.807, 2.05) is 13.0 Å². The first-order valence-electron chi connectivity index (χ1n) is 7.84. The molecule has 0 aliphatic heterocycles. The van der Waals surface area contributed by atoms with Crippen LogP contribution in [0, 0.1) is 12.7 Å². The third-order valence-corrected chi connectivity index (χ3v) is 3.06. The maximum atomic E-state index is 13.3. The summed E-state index contributed by atoms with van der Waals surface area (Å²) < 4.78 is 13.3. The minimum atomic E-state index is -0.175. The monoisotopic (exact) mass is 436 g/mol. The first-order chi connectivity index (χ1) is 10.3. The van der Waals surface area contributed by atoms with Crippen LogP contribution in [0.25, 0.3) is 0 Å². The SMILES string of the molecule is CCNC(=NCc1ccc(F)c(C)c1)NCCNC(C)(C)C.I. The Morgan fingerprint density at radius 1 is 1.17 bits per heavy atom. The van der Waals surface area contributed by atoms with Crippen LogP contribution in [-0.4, -0.2) is 31.1 Å². The van der Waals surface area contributed by atoms with E-state index in [0.717, 1.165) is 31.2 Å². The number of hydrogen-bond acceptors (Lipinski definition) is 2. The lowest BCUT2D eigenvalue weighted by atomic mass is 10.1. The summed E-state index contributed by atoms with van der Waals surface area (Å²) in [7, 11) is 0. The highest BCUT2D eigenvalue weighted by atomic mass is 127. The molecule has 0 heterocycles. The minimum absolute atomic E-state index is 0. The summed E-state index contributed by atoms with van der Waals surface area (Å²) in [5, 5.41) is 9.93. The minimum Gasteiger partial charge on any atom is -0.357 e. The van der Waals surface area contributed by atoms with Gasteiger partial charge in [-0.05, 0) is 51.8 Å². The van der Waals surface area contributed by atoms with Gasteiger partial charge in [0.2, 0.25) is 0 Å². The van der Waals surface area contributed by atoms with Gasteiger partial charge in [0.05, 0.1) is 6.54 Å². The Hall–Kier alpha value is -0.890. The lowest BCUT2D eigenvalue weighted by molar-refractivity contribution is 0.428. The van der Waals surface area contributed by atoms with E-state index in [4.69, 9.17) is 0 Å². The van der Waals surface area contributed by atoms with Crippen LogP contribution >= 0.6 is 24.0 Å². The molecule has 0 fully saturated rings. The molecular formula is C17H30FIN4. The van der Waals surface area contributed by atoms with Crippen LogP contribution in [0.3, 0.4) is 0 Å². The zero-order chi connectivity index (χ0) is 16.6. The molecular weight excluding hydrogens is 406 g/mol. The summed E-state index contributed by atoms with van der Waals surface area (Å²) in [6.45, 7) is 13.2. The van der Waals surface area contributed by atoms with E-state index in [0.29, 0.717) is 12.1 Å². The van der Waals surface area contributed by atoms with Gasteiger partial charge in [-0.2, -0.15) is 0 Å². The van der Waals surface area contributed by atoms with Crippen molar-refractivity contribution in [3.8, 4) is 0 Å². The molecule has 0 unspecified atom stereocenters. The van der Waals surface area contributed by atoms with Crippen molar-refractivity contribution in [1.82, 2.24) is 16.0 Å². The van der Waals surface area contributed by atoms with Crippen molar-refractivity contribution < 1.29 is 4.39 Å². The maximum Gasteiger partial charge on any atom is 0.191 e. The Labute approximate surface area is 156 Å². The maximum absolute atomic E-state index is 13.3. The fraction of sp³-hybridized carbons (Fsp3) is 0.588. The number of hydrogen-bond donors (Lipinski definition) is 3. The van der Waals surface area contributed by atoms with Crippen molar-refractivity contribution in [3.05, 3.63) is 35.1 Å². The molecule has 0 radical (unpaired) electrons. The van der Waals surface area contributed by atoms with Crippen molar-refractivity contribution in [1.29, 1.82) is 0 Å². The van der Waals surface area contributed by atoms with Gasteiger partial charge in [0.25, 0.3) is 0 Å². The van der Waals surface area contributed by atoms with E-state index in [9.17, 15) is 4.39 Å². The van der Waals surface area contributed by atoms with Crippen LogP contribution in [0.1, 0.15) is 38.8 Å². The van der Waals surface area contributed by atoms with E-state index in [2.05, 4.69) is 41.7 Å². The molecule has 1 rings (SSSR count).